The maximum Gasteiger partial charge on any atom is 0.244 e. The summed E-state index contributed by atoms with van der Waals surface area (Å²) in [5.74, 6) is -0.151. The molecule has 4 aromatic rings. The first kappa shape index (κ1) is 17.1. The zero-order chi connectivity index (χ0) is 18.6. The SMILES string of the molecule is CC(NC(=O)/C=C/c1nc2ccccc2s1)c1ccc(-n2cncn2)cc1. The van der Waals surface area contributed by atoms with Crippen LogP contribution in [-0.2, 0) is 4.79 Å². The average Bonchev–Trinajstić information content (AvgIpc) is 3.36. The number of amides is 1. The number of carbonyl (C=O) groups excluding carboxylic acids is 1. The normalized spacial score (nSPS) is 12.5. The third kappa shape index (κ3) is 3.93. The molecule has 7 heteroatoms. The number of aromatic nitrogens is 4. The van der Waals surface area contributed by atoms with Gasteiger partial charge in [0.05, 0.1) is 21.9 Å². The molecule has 2 aromatic heterocycles. The Hall–Kier alpha value is -3.32. The number of fused-ring (bicyclic) bond motifs is 1. The molecule has 0 aliphatic heterocycles. The number of nitrogens with one attached hydrogen (secondary N) is 1. The van der Waals surface area contributed by atoms with Gasteiger partial charge in [-0.3, -0.25) is 4.79 Å². The van der Waals surface area contributed by atoms with E-state index in [4.69, 9.17) is 0 Å². The number of hydrogen-bond donors (Lipinski definition) is 1. The maximum atomic E-state index is 12.2. The second-order valence-corrected chi connectivity index (χ2v) is 7.08. The van der Waals surface area contributed by atoms with Crippen LogP contribution in [0.25, 0.3) is 22.0 Å². The molecule has 0 fully saturated rings. The summed E-state index contributed by atoms with van der Waals surface area (Å²) in [5, 5.41) is 7.89. The van der Waals surface area contributed by atoms with Crippen LogP contribution in [0, 0.1) is 0 Å². The van der Waals surface area contributed by atoms with Crippen molar-refractivity contribution in [1.82, 2.24) is 25.1 Å². The molecule has 0 spiro atoms. The molecule has 2 aromatic carbocycles. The first-order chi connectivity index (χ1) is 13.2. The van der Waals surface area contributed by atoms with E-state index in [1.165, 1.54) is 12.4 Å². The van der Waals surface area contributed by atoms with Gasteiger partial charge in [0, 0.05) is 6.08 Å². The molecule has 27 heavy (non-hydrogen) atoms. The molecule has 134 valence electrons. The van der Waals surface area contributed by atoms with Crippen LogP contribution in [0.3, 0.4) is 0 Å². The highest BCUT2D eigenvalue weighted by molar-refractivity contribution is 7.19. The molecule has 1 atom stereocenters. The van der Waals surface area contributed by atoms with Crippen LogP contribution >= 0.6 is 11.3 Å². The van der Waals surface area contributed by atoms with E-state index in [1.54, 1.807) is 28.4 Å². The molecule has 1 N–H and O–H groups in total. The Morgan fingerprint density at radius 2 is 2.00 bits per heavy atom. The van der Waals surface area contributed by atoms with E-state index < -0.39 is 0 Å². The Balaban J connectivity index is 1.39. The van der Waals surface area contributed by atoms with E-state index in [0.29, 0.717) is 0 Å². The zero-order valence-electron chi connectivity index (χ0n) is 14.6. The second kappa shape index (κ2) is 7.51. The molecule has 0 aliphatic rings. The summed E-state index contributed by atoms with van der Waals surface area (Å²) in [7, 11) is 0. The smallest absolute Gasteiger partial charge is 0.244 e. The van der Waals surface area contributed by atoms with Crippen molar-refractivity contribution in [3.05, 3.63) is 77.8 Å². The summed E-state index contributed by atoms with van der Waals surface area (Å²) >= 11 is 1.56. The summed E-state index contributed by atoms with van der Waals surface area (Å²) in [6.45, 7) is 1.95. The van der Waals surface area contributed by atoms with Gasteiger partial charge in [0.15, 0.2) is 0 Å². The molecule has 0 saturated heterocycles. The first-order valence-corrected chi connectivity index (χ1v) is 9.30. The number of thiazole rings is 1. The monoisotopic (exact) mass is 375 g/mol. The van der Waals surface area contributed by atoms with Crippen LogP contribution in [-0.4, -0.2) is 25.7 Å². The number of benzene rings is 2. The van der Waals surface area contributed by atoms with Gasteiger partial charge in [-0.2, -0.15) is 5.10 Å². The molecule has 0 bridgehead atoms. The van der Waals surface area contributed by atoms with Crippen molar-refractivity contribution in [3.8, 4) is 5.69 Å². The fourth-order valence-electron chi connectivity index (χ4n) is 2.71. The van der Waals surface area contributed by atoms with E-state index in [-0.39, 0.29) is 11.9 Å². The molecule has 1 unspecified atom stereocenters. The highest BCUT2D eigenvalue weighted by Crippen LogP contribution is 2.22. The number of hydrogen-bond acceptors (Lipinski definition) is 5. The fraction of sp³-hybridized carbons (Fsp3) is 0.100. The van der Waals surface area contributed by atoms with Gasteiger partial charge in [0.2, 0.25) is 5.91 Å². The van der Waals surface area contributed by atoms with Gasteiger partial charge in [-0.05, 0) is 42.8 Å². The number of rotatable bonds is 5. The predicted octanol–water partition coefficient (Wildman–Crippen LogP) is 3.77. The maximum absolute atomic E-state index is 12.2. The van der Waals surface area contributed by atoms with Crippen molar-refractivity contribution >= 4 is 33.5 Å². The van der Waals surface area contributed by atoms with E-state index in [9.17, 15) is 4.79 Å². The quantitative estimate of drug-likeness (QED) is 0.539. The third-order valence-corrected chi connectivity index (χ3v) is 5.12. The van der Waals surface area contributed by atoms with Gasteiger partial charge in [0.1, 0.15) is 17.7 Å². The van der Waals surface area contributed by atoms with Crippen molar-refractivity contribution in [2.24, 2.45) is 0 Å². The zero-order valence-corrected chi connectivity index (χ0v) is 15.4. The predicted molar refractivity (Wildman–Crippen MR) is 107 cm³/mol. The molecular weight excluding hydrogens is 358 g/mol. The van der Waals surface area contributed by atoms with Crippen LogP contribution in [0.5, 0.6) is 0 Å². The Morgan fingerprint density at radius 3 is 2.74 bits per heavy atom. The lowest BCUT2D eigenvalue weighted by Crippen LogP contribution is -2.24. The topological polar surface area (TPSA) is 72.7 Å². The van der Waals surface area contributed by atoms with Gasteiger partial charge in [-0.25, -0.2) is 14.6 Å². The van der Waals surface area contributed by atoms with Crippen molar-refractivity contribution < 1.29 is 4.79 Å². The van der Waals surface area contributed by atoms with Crippen molar-refractivity contribution in [3.63, 3.8) is 0 Å². The van der Waals surface area contributed by atoms with Crippen molar-refractivity contribution in [2.75, 3.05) is 0 Å². The highest BCUT2D eigenvalue weighted by Gasteiger charge is 2.08. The van der Waals surface area contributed by atoms with Gasteiger partial charge < -0.3 is 5.32 Å². The molecule has 6 nitrogen and oxygen atoms in total. The molecule has 2 heterocycles. The lowest BCUT2D eigenvalue weighted by atomic mass is 10.1. The van der Waals surface area contributed by atoms with Crippen LogP contribution in [0.15, 0.2) is 67.3 Å². The van der Waals surface area contributed by atoms with Gasteiger partial charge in [-0.15, -0.1) is 11.3 Å². The van der Waals surface area contributed by atoms with Crippen LogP contribution < -0.4 is 5.32 Å². The number of nitrogens with zero attached hydrogens (tertiary/aromatic N) is 4. The summed E-state index contributed by atoms with van der Waals surface area (Å²) in [5.41, 5.74) is 2.88. The van der Waals surface area contributed by atoms with Gasteiger partial charge in [-0.1, -0.05) is 24.3 Å². The third-order valence-electron chi connectivity index (χ3n) is 4.12. The average molecular weight is 375 g/mol. The molecule has 1 amide bonds. The lowest BCUT2D eigenvalue weighted by Gasteiger charge is -2.13. The Bertz CT molecular complexity index is 1050. The minimum absolute atomic E-state index is 0.109. The van der Waals surface area contributed by atoms with E-state index in [2.05, 4.69) is 20.4 Å². The number of para-hydroxylation sites is 1. The number of carbonyl (C=O) groups is 1. The second-order valence-electron chi connectivity index (χ2n) is 6.02. The van der Waals surface area contributed by atoms with Crippen LogP contribution in [0.1, 0.15) is 23.5 Å². The summed E-state index contributed by atoms with van der Waals surface area (Å²) in [4.78, 5) is 20.7. The standard InChI is InChI=1S/C20H17N5OS/c1-14(15-6-8-16(9-7-15)25-13-21-12-22-25)23-19(26)10-11-20-24-17-4-2-3-5-18(17)27-20/h2-14H,1H3,(H,23,26)/b11-10+. The largest absolute Gasteiger partial charge is 0.346 e. The fourth-order valence-corrected chi connectivity index (χ4v) is 3.58. The Kier molecular flexibility index (Phi) is 4.76. The summed E-state index contributed by atoms with van der Waals surface area (Å²) < 4.78 is 2.80. The molecule has 4 rings (SSSR count). The van der Waals surface area contributed by atoms with Gasteiger partial charge in [0.25, 0.3) is 0 Å². The van der Waals surface area contributed by atoms with Crippen molar-refractivity contribution in [2.45, 2.75) is 13.0 Å². The summed E-state index contributed by atoms with van der Waals surface area (Å²) in [6, 6.07) is 15.7. The van der Waals surface area contributed by atoms with Crippen LogP contribution in [0.4, 0.5) is 0 Å². The van der Waals surface area contributed by atoms with E-state index in [1.807, 2.05) is 55.5 Å². The molecule has 0 saturated carbocycles. The van der Waals surface area contributed by atoms with E-state index >= 15 is 0 Å². The minimum atomic E-state index is -0.151. The molecule has 0 aliphatic carbocycles. The molecule has 0 radical (unpaired) electrons. The molecular formula is C20H17N5OS. The Morgan fingerprint density at radius 1 is 1.19 bits per heavy atom. The lowest BCUT2D eigenvalue weighted by molar-refractivity contribution is -0.117. The first-order valence-electron chi connectivity index (χ1n) is 8.48. The van der Waals surface area contributed by atoms with Gasteiger partial charge >= 0.3 is 0 Å². The summed E-state index contributed by atoms with van der Waals surface area (Å²) in [6.07, 6.45) is 6.42. The Labute approximate surface area is 160 Å². The highest BCUT2D eigenvalue weighted by atomic mass is 32.1. The minimum Gasteiger partial charge on any atom is -0.346 e. The van der Waals surface area contributed by atoms with Crippen LogP contribution in [0.2, 0.25) is 0 Å². The van der Waals surface area contributed by atoms with Crippen molar-refractivity contribution in [1.29, 1.82) is 0 Å². The van der Waals surface area contributed by atoms with E-state index in [0.717, 1.165) is 26.5 Å².